The number of hydrogen-bond acceptors (Lipinski definition) is 5. The van der Waals surface area contributed by atoms with Crippen molar-refractivity contribution in [2.75, 3.05) is 5.32 Å². The van der Waals surface area contributed by atoms with Gasteiger partial charge in [-0.05, 0) is 51.9 Å². The van der Waals surface area contributed by atoms with E-state index in [4.69, 9.17) is 0 Å². The molecular weight excluding hydrogens is 382 g/mol. The molecule has 30 heavy (non-hydrogen) atoms. The lowest BCUT2D eigenvalue weighted by molar-refractivity contribution is -0.121. The summed E-state index contributed by atoms with van der Waals surface area (Å²) >= 11 is 0. The number of rotatable bonds is 4. The van der Waals surface area contributed by atoms with Crippen molar-refractivity contribution in [3.05, 3.63) is 78.1 Å². The predicted octanol–water partition coefficient (Wildman–Crippen LogP) is 2.52. The molecular formula is C21H19N7O2. The van der Waals surface area contributed by atoms with Crippen molar-refractivity contribution in [2.45, 2.75) is 13.3 Å². The van der Waals surface area contributed by atoms with Gasteiger partial charge in [-0.15, -0.1) is 5.10 Å². The maximum absolute atomic E-state index is 12.2. The number of carbonyl (C=O) groups is 2. The van der Waals surface area contributed by atoms with E-state index in [1.165, 1.54) is 0 Å². The van der Waals surface area contributed by atoms with E-state index >= 15 is 0 Å². The number of urea groups is 1. The monoisotopic (exact) mass is 401 g/mol. The lowest BCUT2D eigenvalue weighted by Crippen LogP contribution is -2.44. The Bertz CT molecular complexity index is 1220. The standard InChI is InChI=1S/C21H19N7O2/c1-14-23-26-27-28(14)19-8-4-7-18(13-19)22-21(30)25-24-20(29)12-15-9-10-16-5-2-3-6-17(16)11-15/h2-11,13H,12H2,1H3,(H,24,29)(H2,22,25,30). The molecule has 0 fully saturated rings. The smallest absolute Gasteiger partial charge is 0.307 e. The number of carbonyl (C=O) groups excluding carboxylic acids is 2. The molecule has 0 atom stereocenters. The summed E-state index contributed by atoms with van der Waals surface area (Å²) in [6.45, 7) is 1.78. The molecule has 1 aromatic heterocycles. The Morgan fingerprint density at radius 2 is 1.77 bits per heavy atom. The van der Waals surface area contributed by atoms with Gasteiger partial charge in [-0.3, -0.25) is 10.2 Å². The minimum atomic E-state index is -0.563. The summed E-state index contributed by atoms with van der Waals surface area (Å²) in [5.74, 6) is 0.302. The van der Waals surface area contributed by atoms with Crippen LogP contribution in [0.3, 0.4) is 0 Å². The van der Waals surface area contributed by atoms with Gasteiger partial charge in [-0.1, -0.05) is 48.5 Å². The molecule has 3 amide bonds. The van der Waals surface area contributed by atoms with E-state index in [2.05, 4.69) is 31.7 Å². The normalized spacial score (nSPS) is 10.6. The Balaban J connectivity index is 1.32. The second-order valence-corrected chi connectivity index (χ2v) is 6.67. The molecule has 9 nitrogen and oxygen atoms in total. The Labute approximate surface area is 172 Å². The highest BCUT2D eigenvalue weighted by molar-refractivity contribution is 5.91. The quantitative estimate of drug-likeness (QED) is 0.455. The first kappa shape index (κ1) is 19.1. The highest BCUT2D eigenvalue weighted by Gasteiger charge is 2.08. The lowest BCUT2D eigenvalue weighted by atomic mass is 10.1. The van der Waals surface area contributed by atoms with Gasteiger partial charge in [0.15, 0.2) is 5.82 Å². The second-order valence-electron chi connectivity index (χ2n) is 6.67. The maximum atomic E-state index is 12.2. The summed E-state index contributed by atoms with van der Waals surface area (Å²) in [5, 5.41) is 16.2. The number of benzene rings is 3. The van der Waals surface area contributed by atoms with E-state index in [1.807, 2.05) is 48.5 Å². The number of anilines is 1. The van der Waals surface area contributed by atoms with Crippen molar-refractivity contribution in [3.63, 3.8) is 0 Å². The molecule has 0 unspecified atom stereocenters. The third kappa shape index (κ3) is 4.41. The third-order valence-corrected chi connectivity index (χ3v) is 4.47. The Morgan fingerprint density at radius 3 is 2.57 bits per heavy atom. The summed E-state index contributed by atoms with van der Waals surface area (Å²) in [4.78, 5) is 24.3. The minimum Gasteiger partial charge on any atom is -0.307 e. The van der Waals surface area contributed by atoms with Gasteiger partial charge < -0.3 is 5.32 Å². The Morgan fingerprint density at radius 1 is 0.933 bits per heavy atom. The van der Waals surface area contributed by atoms with Crippen LogP contribution in [0.4, 0.5) is 10.5 Å². The molecule has 0 radical (unpaired) electrons. The van der Waals surface area contributed by atoms with Gasteiger partial charge in [0.05, 0.1) is 12.1 Å². The van der Waals surface area contributed by atoms with Crippen LogP contribution in [-0.4, -0.2) is 32.1 Å². The zero-order valence-electron chi connectivity index (χ0n) is 16.2. The van der Waals surface area contributed by atoms with Crippen LogP contribution in [0.25, 0.3) is 16.5 Å². The molecule has 1 heterocycles. The fraction of sp³-hybridized carbons (Fsp3) is 0.0952. The van der Waals surface area contributed by atoms with Crippen molar-refractivity contribution >= 4 is 28.4 Å². The second kappa shape index (κ2) is 8.39. The molecule has 0 aliphatic heterocycles. The molecule has 150 valence electrons. The van der Waals surface area contributed by atoms with Crippen molar-refractivity contribution < 1.29 is 9.59 Å². The molecule has 0 aliphatic rings. The van der Waals surface area contributed by atoms with E-state index in [9.17, 15) is 9.59 Å². The van der Waals surface area contributed by atoms with Crippen LogP contribution >= 0.6 is 0 Å². The predicted molar refractivity (Wildman–Crippen MR) is 112 cm³/mol. The number of tetrazole rings is 1. The molecule has 0 spiro atoms. The molecule has 3 aromatic carbocycles. The van der Waals surface area contributed by atoms with Gasteiger partial charge in [-0.2, -0.15) is 4.68 Å². The molecule has 0 saturated heterocycles. The number of nitrogens with zero attached hydrogens (tertiary/aromatic N) is 4. The lowest BCUT2D eigenvalue weighted by Gasteiger charge is -2.10. The van der Waals surface area contributed by atoms with Gasteiger partial charge in [-0.25, -0.2) is 10.2 Å². The van der Waals surface area contributed by atoms with Gasteiger partial charge in [0.2, 0.25) is 5.91 Å². The number of nitrogens with one attached hydrogen (secondary N) is 3. The van der Waals surface area contributed by atoms with Gasteiger partial charge in [0, 0.05) is 5.69 Å². The molecule has 0 bridgehead atoms. The maximum Gasteiger partial charge on any atom is 0.337 e. The van der Waals surface area contributed by atoms with Crippen LogP contribution in [0.1, 0.15) is 11.4 Å². The zero-order valence-corrected chi connectivity index (χ0v) is 16.2. The number of aryl methyl sites for hydroxylation is 1. The van der Waals surface area contributed by atoms with Crippen molar-refractivity contribution in [2.24, 2.45) is 0 Å². The van der Waals surface area contributed by atoms with Crippen LogP contribution in [0.15, 0.2) is 66.7 Å². The van der Waals surface area contributed by atoms with Crippen LogP contribution in [-0.2, 0) is 11.2 Å². The summed E-state index contributed by atoms with van der Waals surface area (Å²) in [6.07, 6.45) is 0.152. The molecule has 0 aliphatic carbocycles. The Hall–Kier alpha value is -4.27. The largest absolute Gasteiger partial charge is 0.337 e. The SMILES string of the molecule is Cc1nnnn1-c1cccc(NC(=O)NNC(=O)Cc2ccc3ccccc3c2)c1. The minimum absolute atomic E-state index is 0.152. The number of fused-ring (bicyclic) bond motifs is 1. The summed E-state index contributed by atoms with van der Waals surface area (Å²) in [7, 11) is 0. The molecule has 4 aromatic rings. The van der Waals surface area contributed by atoms with Gasteiger partial charge >= 0.3 is 6.03 Å². The fourth-order valence-corrected chi connectivity index (χ4v) is 3.05. The fourth-order valence-electron chi connectivity index (χ4n) is 3.05. The summed E-state index contributed by atoms with van der Waals surface area (Å²) in [6, 6.07) is 20.2. The summed E-state index contributed by atoms with van der Waals surface area (Å²) < 4.78 is 1.55. The number of aromatic nitrogens is 4. The van der Waals surface area contributed by atoms with E-state index in [1.54, 1.807) is 29.8 Å². The molecule has 0 saturated carbocycles. The average Bonchev–Trinajstić information content (AvgIpc) is 3.18. The first-order valence-electron chi connectivity index (χ1n) is 9.27. The summed E-state index contributed by atoms with van der Waals surface area (Å²) in [5.41, 5.74) is 6.86. The zero-order chi connectivity index (χ0) is 20.9. The van der Waals surface area contributed by atoms with E-state index in [-0.39, 0.29) is 12.3 Å². The van der Waals surface area contributed by atoms with Crippen molar-refractivity contribution in [3.8, 4) is 5.69 Å². The van der Waals surface area contributed by atoms with Crippen molar-refractivity contribution in [1.82, 2.24) is 31.1 Å². The highest BCUT2D eigenvalue weighted by atomic mass is 16.2. The Kier molecular flexibility index (Phi) is 5.33. The van der Waals surface area contributed by atoms with Gasteiger partial charge in [0.1, 0.15) is 0 Å². The average molecular weight is 401 g/mol. The molecule has 9 heteroatoms. The number of amides is 3. The van der Waals surface area contributed by atoms with Crippen LogP contribution in [0, 0.1) is 6.92 Å². The molecule has 4 rings (SSSR count). The van der Waals surface area contributed by atoms with Crippen molar-refractivity contribution in [1.29, 1.82) is 0 Å². The van der Waals surface area contributed by atoms with Crippen LogP contribution < -0.4 is 16.2 Å². The van der Waals surface area contributed by atoms with Gasteiger partial charge in [0.25, 0.3) is 0 Å². The molecule has 3 N–H and O–H groups in total. The van der Waals surface area contributed by atoms with E-state index in [0.717, 1.165) is 16.3 Å². The van der Waals surface area contributed by atoms with E-state index in [0.29, 0.717) is 17.2 Å². The number of hydrazine groups is 1. The number of hydrogen-bond donors (Lipinski definition) is 3. The van der Waals surface area contributed by atoms with E-state index < -0.39 is 6.03 Å². The first-order chi connectivity index (χ1) is 14.6. The topological polar surface area (TPSA) is 114 Å². The van der Waals surface area contributed by atoms with Crippen LogP contribution in [0.5, 0.6) is 0 Å². The third-order valence-electron chi connectivity index (χ3n) is 4.47. The van der Waals surface area contributed by atoms with Crippen LogP contribution in [0.2, 0.25) is 0 Å². The first-order valence-corrected chi connectivity index (χ1v) is 9.27. The highest BCUT2D eigenvalue weighted by Crippen LogP contribution is 2.16.